The molecule has 0 aliphatic carbocycles. The largest absolute Gasteiger partial charge is 0.311 e. The van der Waals surface area contributed by atoms with Crippen LogP contribution in [-0.4, -0.2) is 16.3 Å². The second kappa shape index (κ2) is 5.84. The molecule has 90 valence electrons. The van der Waals surface area contributed by atoms with Crippen molar-refractivity contribution in [1.82, 2.24) is 15.1 Å². The summed E-state index contributed by atoms with van der Waals surface area (Å²) in [5, 5.41) is 8.34. The molecule has 0 aliphatic rings. The Bertz CT molecular complexity index is 465. The number of nitrogens with one attached hydrogen (secondary N) is 1. The maximum Gasteiger partial charge on any atom is 0.0948 e. The van der Waals surface area contributed by atoms with Gasteiger partial charge in [0.05, 0.1) is 10.7 Å². The van der Waals surface area contributed by atoms with E-state index in [1.54, 1.807) is 4.68 Å². The van der Waals surface area contributed by atoms with E-state index < -0.39 is 0 Å². The molecule has 1 N–H and O–H groups in total. The highest BCUT2D eigenvalue weighted by Gasteiger charge is 2.03. The van der Waals surface area contributed by atoms with E-state index in [2.05, 4.69) is 34.7 Å². The first-order valence-electron chi connectivity index (χ1n) is 5.68. The first kappa shape index (κ1) is 12.1. The SMILES string of the molecule is Cn1cc(Cl)c(CNCCc2ccccc2)n1. The Kier molecular flexibility index (Phi) is 4.18. The predicted molar refractivity (Wildman–Crippen MR) is 70.1 cm³/mol. The highest BCUT2D eigenvalue weighted by Crippen LogP contribution is 2.12. The van der Waals surface area contributed by atoms with Crippen molar-refractivity contribution in [2.75, 3.05) is 6.54 Å². The molecule has 0 atom stereocenters. The van der Waals surface area contributed by atoms with E-state index in [0.29, 0.717) is 6.54 Å². The first-order chi connectivity index (χ1) is 8.25. The van der Waals surface area contributed by atoms with Crippen LogP contribution in [0.3, 0.4) is 0 Å². The second-order valence-corrected chi connectivity index (χ2v) is 4.42. The highest BCUT2D eigenvalue weighted by atomic mass is 35.5. The maximum absolute atomic E-state index is 6.02. The summed E-state index contributed by atoms with van der Waals surface area (Å²) >= 11 is 6.02. The molecule has 1 aromatic carbocycles. The zero-order valence-corrected chi connectivity index (χ0v) is 10.6. The maximum atomic E-state index is 6.02. The van der Waals surface area contributed by atoms with Crippen LogP contribution in [0.2, 0.25) is 5.02 Å². The van der Waals surface area contributed by atoms with Gasteiger partial charge in [-0.05, 0) is 18.5 Å². The van der Waals surface area contributed by atoms with Gasteiger partial charge in [0.25, 0.3) is 0 Å². The molecule has 0 aliphatic heterocycles. The van der Waals surface area contributed by atoms with Gasteiger partial charge in [0.1, 0.15) is 0 Å². The van der Waals surface area contributed by atoms with E-state index >= 15 is 0 Å². The molecule has 0 unspecified atom stereocenters. The number of halogens is 1. The number of nitrogens with zero attached hydrogens (tertiary/aromatic N) is 2. The third-order valence-electron chi connectivity index (χ3n) is 2.58. The van der Waals surface area contributed by atoms with Gasteiger partial charge in [-0.25, -0.2) is 0 Å². The Morgan fingerprint density at radius 1 is 1.29 bits per heavy atom. The molecule has 0 radical (unpaired) electrons. The summed E-state index contributed by atoms with van der Waals surface area (Å²) in [5.41, 5.74) is 2.24. The van der Waals surface area contributed by atoms with Crippen LogP contribution in [0.5, 0.6) is 0 Å². The molecule has 2 rings (SSSR count). The first-order valence-corrected chi connectivity index (χ1v) is 6.06. The van der Waals surface area contributed by atoms with Crippen LogP contribution in [0.25, 0.3) is 0 Å². The van der Waals surface area contributed by atoms with Crippen LogP contribution in [0.4, 0.5) is 0 Å². The van der Waals surface area contributed by atoms with Crippen LogP contribution in [0, 0.1) is 0 Å². The Morgan fingerprint density at radius 3 is 2.71 bits per heavy atom. The standard InChI is InChI=1S/C13H16ClN3/c1-17-10-12(14)13(16-17)9-15-8-7-11-5-3-2-4-6-11/h2-6,10,15H,7-9H2,1H3. The highest BCUT2D eigenvalue weighted by molar-refractivity contribution is 6.31. The summed E-state index contributed by atoms with van der Waals surface area (Å²) in [5.74, 6) is 0. The average Bonchev–Trinajstić information content (AvgIpc) is 2.65. The van der Waals surface area contributed by atoms with E-state index in [-0.39, 0.29) is 0 Å². The van der Waals surface area contributed by atoms with Gasteiger partial charge >= 0.3 is 0 Å². The molecular formula is C13H16ClN3. The van der Waals surface area contributed by atoms with E-state index in [1.807, 2.05) is 19.3 Å². The minimum absolute atomic E-state index is 0.715. The summed E-state index contributed by atoms with van der Waals surface area (Å²) in [6.07, 6.45) is 2.83. The minimum Gasteiger partial charge on any atom is -0.311 e. The molecule has 4 heteroatoms. The summed E-state index contributed by atoms with van der Waals surface area (Å²) in [6, 6.07) is 10.4. The van der Waals surface area contributed by atoms with Crippen molar-refractivity contribution in [2.45, 2.75) is 13.0 Å². The van der Waals surface area contributed by atoms with Crippen molar-refractivity contribution in [3.8, 4) is 0 Å². The molecule has 1 heterocycles. The van der Waals surface area contributed by atoms with E-state index in [0.717, 1.165) is 23.7 Å². The molecule has 17 heavy (non-hydrogen) atoms. The van der Waals surface area contributed by atoms with Crippen molar-refractivity contribution in [3.63, 3.8) is 0 Å². The van der Waals surface area contributed by atoms with Crippen molar-refractivity contribution in [3.05, 3.63) is 52.8 Å². The van der Waals surface area contributed by atoms with Crippen LogP contribution >= 0.6 is 11.6 Å². The fourth-order valence-electron chi connectivity index (χ4n) is 1.71. The van der Waals surface area contributed by atoms with Crippen molar-refractivity contribution < 1.29 is 0 Å². The predicted octanol–water partition coefficient (Wildman–Crippen LogP) is 2.41. The Hall–Kier alpha value is -1.32. The van der Waals surface area contributed by atoms with Gasteiger partial charge in [0.15, 0.2) is 0 Å². The number of aryl methyl sites for hydroxylation is 1. The van der Waals surface area contributed by atoms with Crippen molar-refractivity contribution in [1.29, 1.82) is 0 Å². The fraction of sp³-hybridized carbons (Fsp3) is 0.308. The third-order valence-corrected chi connectivity index (χ3v) is 2.90. The second-order valence-electron chi connectivity index (χ2n) is 4.01. The van der Waals surface area contributed by atoms with E-state index in [1.165, 1.54) is 5.56 Å². The molecule has 3 nitrogen and oxygen atoms in total. The lowest BCUT2D eigenvalue weighted by Crippen LogP contribution is -2.17. The summed E-state index contributed by atoms with van der Waals surface area (Å²) in [4.78, 5) is 0. The van der Waals surface area contributed by atoms with E-state index in [4.69, 9.17) is 11.6 Å². The number of benzene rings is 1. The monoisotopic (exact) mass is 249 g/mol. The smallest absolute Gasteiger partial charge is 0.0948 e. The number of hydrogen-bond acceptors (Lipinski definition) is 2. The van der Waals surface area contributed by atoms with Crippen LogP contribution in [-0.2, 0) is 20.0 Å². The van der Waals surface area contributed by atoms with Gasteiger partial charge in [-0.1, -0.05) is 41.9 Å². The topological polar surface area (TPSA) is 29.9 Å². The average molecular weight is 250 g/mol. The molecule has 0 saturated heterocycles. The zero-order valence-electron chi connectivity index (χ0n) is 9.86. The molecular weight excluding hydrogens is 234 g/mol. The minimum atomic E-state index is 0.715. The van der Waals surface area contributed by atoms with Gasteiger partial charge in [-0.3, -0.25) is 4.68 Å². The van der Waals surface area contributed by atoms with Crippen molar-refractivity contribution >= 4 is 11.6 Å². The fourth-order valence-corrected chi connectivity index (χ4v) is 1.96. The summed E-state index contributed by atoms with van der Waals surface area (Å²) in [7, 11) is 1.87. The molecule has 0 amide bonds. The Balaban J connectivity index is 1.75. The number of rotatable bonds is 5. The molecule has 0 spiro atoms. The molecule has 2 aromatic rings. The summed E-state index contributed by atoms with van der Waals surface area (Å²) < 4.78 is 1.73. The lowest BCUT2D eigenvalue weighted by atomic mass is 10.1. The molecule has 0 fully saturated rings. The van der Waals surface area contributed by atoms with Gasteiger partial charge in [0, 0.05) is 19.8 Å². The Labute approximate surface area is 106 Å². The lowest BCUT2D eigenvalue weighted by molar-refractivity contribution is 0.654. The van der Waals surface area contributed by atoms with Crippen LogP contribution in [0.1, 0.15) is 11.3 Å². The van der Waals surface area contributed by atoms with Gasteiger partial charge < -0.3 is 5.32 Å². The lowest BCUT2D eigenvalue weighted by Gasteiger charge is -2.03. The quantitative estimate of drug-likeness (QED) is 0.825. The third kappa shape index (κ3) is 3.58. The van der Waals surface area contributed by atoms with Gasteiger partial charge in [-0.2, -0.15) is 5.10 Å². The van der Waals surface area contributed by atoms with Crippen LogP contribution in [0.15, 0.2) is 36.5 Å². The van der Waals surface area contributed by atoms with Crippen LogP contribution < -0.4 is 5.32 Å². The number of aromatic nitrogens is 2. The molecule has 1 aromatic heterocycles. The molecule has 0 bridgehead atoms. The van der Waals surface area contributed by atoms with Gasteiger partial charge in [-0.15, -0.1) is 0 Å². The molecule has 0 saturated carbocycles. The zero-order chi connectivity index (χ0) is 12.1. The normalized spacial score (nSPS) is 10.7. The van der Waals surface area contributed by atoms with Gasteiger partial charge in [0.2, 0.25) is 0 Å². The van der Waals surface area contributed by atoms with E-state index in [9.17, 15) is 0 Å². The summed E-state index contributed by atoms with van der Waals surface area (Å²) in [6.45, 7) is 1.64. The Morgan fingerprint density at radius 2 is 2.06 bits per heavy atom. The number of hydrogen-bond donors (Lipinski definition) is 1. The van der Waals surface area contributed by atoms with Crippen molar-refractivity contribution in [2.24, 2.45) is 7.05 Å².